The third-order valence-electron chi connectivity index (χ3n) is 4.02. The van der Waals surface area contributed by atoms with Crippen LogP contribution < -0.4 is 5.32 Å². The SMILES string of the molecule is CC(CCN(C)Cc1cscn1)C1CCCNC1. The van der Waals surface area contributed by atoms with Crippen LogP contribution in [0.3, 0.4) is 0 Å². The zero-order valence-electron chi connectivity index (χ0n) is 11.6. The van der Waals surface area contributed by atoms with Gasteiger partial charge in [-0.1, -0.05) is 6.92 Å². The summed E-state index contributed by atoms with van der Waals surface area (Å²) < 4.78 is 0. The molecule has 0 aliphatic carbocycles. The van der Waals surface area contributed by atoms with Crippen LogP contribution in [0.1, 0.15) is 31.9 Å². The molecule has 0 bridgehead atoms. The van der Waals surface area contributed by atoms with Crippen LogP contribution in [0, 0.1) is 11.8 Å². The number of nitrogens with one attached hydrogen (secondary N) is 1. The summed E-state index contributed by atoms with van der Waals surface area (Å²) >= 11 is 1.68. The highest BCUT2D eigenvalue weighted by Crippen LogP contribution is 2.22. The van der Waals surface area contributed by atoms with Crippen molar-refractivity contribution in [3.05, 3.63) is 16.6 Å². The third kappa shape index (κ3) is 4.34. The molecule has 1 fully saturated rings. The van der Waals surface area contributed by atoms with Crippen molar-refractivity contribution in [3.8, 4) is 0 Å². The van der Waals surface area contributed by atoms with Crippen molar-refractivity contribution < 1.29 is 0 Å². The molecule has 0 radical (unpaired) electrons. The van der Waals surface area contributed by atoms with E-state index in [9.17, 15) is 0 Å². The second-order valence-electron chi connectivity index (χ2n) is 5.59. The maximum atomic E-state index is 4.34. The third-order valence-corrected chi connectivity index (χ3v) is 4.66. The maximum Gasteiger partial charge on any atom is 0.0795 e. The molecule has 1 aromatic rings. The average Bonchev–Trinajstić information content (AvgIpc) is 2.90. The van der Waals surface area contributed by atoms with E-state index in [4.69, 9.17) is 0 Å². The molecule has 4 heteroatoms. The maximum absolute atomic E-state index is 4.34. The van der Waals surface area contributed by atoms with Crippen LogP contribution in [0.25, 0.3) is 0 Å². The molecule has 1 N–H and O–H groups in total. The summed E-state index contributed by atoms with van der Waals surface area (Å²) in [6.07, 6.45) is 4.06. The molecule has 1 aromatic heterocycles. The molecular formula is C14H25N3S. The normalized spacial score (nSPS) is 22.3. The van der Waals surface area contributed by atoms with Gasteiger partial charge < -0.3 is 10.2 Å². The predicted molar refractivity (Wildman–Crippen MR) is 77.8 cm³/mol. The van der Waals surface area contributed by atoms with E-state index in [0.717, 1.165) is 18.4 Å². The van der Waals surface area contributed by atoms with Crippen LogP contribution in [0.4, 0.5) is 0 Å². The van der Waals surface area contributed by atoms with Gasteiger partial charge in [0.25, 0.3) is 0 Å². The largest absolute Gasteiger partial charge is 0.316 e. The fourth-order valence-corrected chi connectivity index (χ4v) is 3.25. The molecule has 1 saturated heterocycles. The number of rotatable bonds is 6. The smallest absolute Gasteiger partial charge is 0.0795 e. The number of piperidine rings is 1. The average molecular weight is 267 g/mol. The molecule has 0 aromatic carbocycles. The van der Waals surface area contributed by atoms with Crippen molar-refractivity contribution in [2.45, 2.75) is 32.7 Å². The van der Waals surface area contributed by atoms with Gasteiger partial charge in [-0.2, -0.15) is 0 Å². The molecule has 2 atom stereocenters. The number of nitrogens with zero attached hydrogens (tertiary/aromatic N) is 2. The van der Waals surface area contributed by atoms with Gasteiger partial charge in [0.15, 0.2) is 0 Å². The van der Waals surface area contributed by atoms with Crippen molar-refractivity contribution in [1.82, 2.24) is 15.2 Å². The molecule has 0 saturated carbocycles. The molecule has 0 spiro atoms. The molecule has 2 unspecified atom stereocenters. The Morgan fingerprint density at radius 2 is 2.50 bits per heavy atom. The first-order valence-corrected chi connectivity index (χ1v) is 7.96. The topological polar surface area (TPSA) is 28.2 Å². The molecule has 102 valence electrons. The molecular weight excluding hydrogens is 242 g/mol. The summed E-state index contributed by atoms with van der Waals surface area (Å²) in [5.74, 6) is 1.71. The zero-order chi connectivity index (χ0) is 12.8. The van der Waals surface area contributed by atoms with Crippen molar-refractivity contribution in [3.63, 3.8) is 0 Å². The lowest BCUT2D eigenvalue weighted by atomic mass is 9.85. The Morgan fingerprint density at radius 3 is 3.17 bits per heavy atom. The molecule has 2 rings (SSSR count). The summed E-state index contributed by atoms with van der Waals surface area (Å²) in [4.78, 5) is 6.73. The van der Waals surface area contributed by atoms with Crippen LogP contribution >= 0.6 is 11.3 Å². The number of hydrogen-bond donors (Lipinski definition) is 1. The molecule has 1 aliphatic rings. The summed E-state index contributed by atoms with van der Waals surface area (Å²) in [6.45, 7) is 7.01. The van der Waals surface area contributed by atoms with Crippen molar-refractivity contribution in [1.29, 1.82) is 0 Å². The lowest BCUT2D eigenvalue weighted by Crippen LogP contribution is -2.34. The van der Waals surface area contributed by atoms with Gasteiger partial charge in [-0.25, -0.2) is 4.98 Å². The Morgan fingerprint density at radius 1 is 1.61 bits per heavy atom. The minimum atomic E-state index is 0.829. The van der Waals surface area contributed by atoms with E-state index in [1.54, 1.807) is 11.3 Å². The number of hydrogen-bond acceptors (Lipinski definition) is 4. The first kappa shape index (κ1) is 14.0. The van der Waals surface area contributed by atoms with Gasteiger partial charge in [-0.15, -0.1) is 11.3 Å². The van der Waals surface area contributed by atoms with E-state index in [2.05, 4.69) is 34.6 Å². The van der Waals surface area contributed by atoms with Crippen LogP contribution in [0.2, 0.25) is 0 Å². The highest BCUT2D eigenvalue weighted by molar-refractivity contribution is 7.07. The first-order chi connectivity index (χ1) is 8.75. The Balaban J connectivity index is 1.66. The van der Waals surface area contributed by atoms with Gasteiger partial charge in [0.2, 0.25) is 0 Å². The fourth-order valence-electron chi connectivity index (χ4n) is 2.70. The Bertz CT molecular complexity index is 320. The van der Waals surface area contributed by atoms with Gasteiger partial charge >= 0.3 is 0 Å². The Hall–Kier alpha value is -0.450. The van der Waals surface area contributed by atoms with Crippen LogP contribution in [0.5, 0.6) is 0 Å². The van der Waals surface area contributed by atoms with E-state index < -0.39 is 0 Å². The second-order valence-corrected chi connectivity index (χ2v) is 6.31. The second kappa shape index (κ2) is 7.22. The van der Waals surface area contributed by atoms with Crippen LogP contribution in [-0.2, 0) is 6.54 Å². The first-order valence-electron chi connectivity index (χ1n) is 7.02. The summed E-state index contributed by atoms with van der Waals surface area (Å²) in [5, 5.41) is 5.66. The van der Waals surface area contributed by atoms with Gasteiger partial charge in [-0.3, -0.25) is 0 Å². The molecule has 18 heavy (non-hydrogen) atoms. The highest BCUT2D eigenvalue weighted by Gasteiger charge is 2.19. The van der Waals surface area contributed by atoms with E-state index in [0.29, 0.717) is 0 Å². The predicted octanol–water partition coefficient (Wildman–Crippen LogP) is 2.60. The zero-order valence-corrected chi connectivity index (χ0v) is 12.4. The van der Waals surface area contributed by atoms with Crippen LogP contribution in [0.15, 0.2) is 10.9 Å². The van der Waals surface area contributed by atoms with Gasteiger partial charge in [0, 0.05) is 11.9 Å². The highest BCUT2D eigenvalue weighted by atomic mass is 32.1. The minimum absolute atomic E-state index is 0.829. The van der Waals surface area contributed by atoms with Crippen molar-refractivity contribution >= 4 is 11.3 Å². The lowest BCUT2D eigenvalue weighted by Gasteiger charge is -2.29. The fraction of sp³-hybridized carbons (Fsp3) is 0.786. The molecule has 1 aliphatic heterocycles. The van der Waals surface area contributed by atoms with Crippen LogP contribution in [-0.4, -0.2) is 36.6 Å². The van der Waals surface area contributed by atoms with Gasteiger partial charge in [0.05, 0.1) is 11.2 Å². The van der Waals surface area contributed by atoms with Crippen molar-refractivity contribution in [2.24, 2.45) is 11.8 Å². The lowest BCUT2D eigenvalue weighted by molar-refractivity contribution is 0.229. The van der Waals surface area contributed by atoms with E-state index in [-0.39, 0.29) is 0 Å². The molecule has 3 nitrogen and oxygen atoms in total. The Labute approximate surface area is 115 Å². The van der Waals surface area contributed by atoms with Gasteiger partial charge in [0.1, 0.15) is 0 Å². The Kier molecular flexibility index (Phi) is 5.60. The summed E-state index contributed by atoms with van der Waals surface area (Å²) in [7, 11) is 2.20. The summed E-state index contributed by atoms with van der Waals surface area (Å²) in [6, 6.07) is 0. The van der Waals surface area contributed by atoms with Gasteiger partial charge in [-0.05, 0) is 57.8 Å². The minimum Gasteiger partial charge on any atom is -0.316 e. The molecule has 2 heterocycles. The molecule has 0 amide bonds. The van der Waals surface area contributed by atoms with Crippen molar-refractivity contribution in [2.75, 3.05) is 26.7 Å². The summed E-state index contributed by atoms with van der Waals surface area (Å²) in [5.41, 5.74) is 3.12. The van der Waals surface area contributed by atoms with E-state index >= 15 is 0 Å². The van der Waals surface area contributed by atoms with E-state index in [1.807, 2.05) is 5.51 Å². The standard InChI is InChI=1S/C14H25N3S/c1-12(13-4-3-6-15-8-13)5-7-17(2)9-14-10-18-11-16-14/h10-13,15H,3-9H2,1-2H3. The monoisotopic (exact) mass is 267 g/mol. The van der Waals surface area contributed by atoms with E-state index in [1.165, 1.54) is 44.6 Å². The number of thiazole rings is 1. The quantitative estimate of drug-likeness (QED) is 0.859. The number of aromatic nitrogens is 1.